The first kappa shape index (κ1) is 13.1. The number of benzene rings is 1. The normalized spacial score (nSPS) is 12.2. The summed E-state index contributed by atoms with van der Waals surface area (Å²) in [5.41, 5.74) is 3.30. The van der Waals surface area contributed by atoms with Crippen LogP contribution in [0.2, 0.25) is 0 Å². The van der Waals surface area contributed by atoms with E-state index in [1.807, 2.05) is 20.2 Å². The molecule has 2 rings (SSSR count). The molecule has 5 nitrogen and oxygen atoms in total. The minimum atomic E-state index is -0.914. The number of rotatable bonds is 4. The van der Waals surface area contributed by atoms with Crippen LogP contribution < -0.4 is 5.32 Å². The number of aromatic nitrogens is 2. The number of hydrogen-bond donors (Lipinski definition) is 2. The maximum Gasteiger partial charge on any atom is 0.335 e. The molecule has 1 aromatic heterocycles. The van der Waals surface area contributed by atoms with E-state index in [1.54, 1.807) is 28.9 Å². The Labute approximate surface area is 111 Å². The third-order valence-corrected chi connectivity index (χ3v) is 3.03. The molecule has 100 valence electrons. The number of hydrogen-bond acceptors (Lipinski definition) is 3. The Kier molecular flexibility index (Phi) is 3.55. The molecule has 0 bridgehead atoms. The summed E-state index contributed by atoms with van der Waals surface area (Å²) in [7, 11) is 1.89. The highest BCUT2D eigenvalue weighted by Crippen LogP contribution is 2.21. The zero-order valence-corrected chi connectivity index (χ0v) is 11.2. The average Bonchev–Trinajstić information content (AvgIpc) is 2.69. The van der Waals surface area contributed by atoms with Crippen molar-refractivity contribution in [3.8, 4) is 0 Å². The molecule has 0 fully saturated rings. The molecular formula is C14H17N3O2. The van der Waals surface area contributed by atoms with Crippen molar-refractivity contribution in [3.05, 3.63) is 47.3 Å². The van der Waals surface area contributed by atoms with E-state index in [9.17, 15) is 4.79 Å². The summed E-state index contributed by atoms with van der Waals surface area (Å²) in [6, 6.07) is 6.84. The largest absolute Gasteiger partial charge is 0.478 e. The van der Waals surface area contributed by atoms with Crippen LogP contribution in [0.5, 0.6) is 0 Å². The lowest BCUT2D eigenvalue weighted by Crippen LogP contribution is -2.07. The van der Waals surface area contributed by atoms with Crippen LogP contribution in [-0.4, -0.2) is 20.9 Å². The molecule has 0 saturated carbocycles. The molecule has 0 spiro atoms. The Balaban J connectivity index is 2.12. The molecule has 0 aliphatic carbocycles. The molecular weight excluding hydrogens is 242 g/mol. The molecule has 1 heterocycles. The van der Waals surface area contributed by atoms with Crippen LogP contribution in [0.3, 0.4) is 0 Å². The van der Waals surface area contributed by atoms with Gasteiger partial charge in [-0.15, -0.1) is 0 Å². The van der Waals surface area contributed by atoms with Gasteiger partial charge >= 0.3 is 5.97 Å². The van der Waals surface area contributed by atoms with E-state index in [1.165, 1.54) is 0 Å². The third-order valence-electron chi connectivity index (χ3n) is 3.03. The topological polar surface area (TPSA) is 67.2 Å². The molecule has 0 amide bonds. The number of nitrogens with zero attached hydrogens (tertiary/aromatic N) is 2. The number of carboxylic acids is 1. The van der Waals surface area contributed by atoms with Gasteiger partial charge in [0.1, 0.15) is 0 Å². The molecule has 1 unspecified atom stereocenters. The SMILES string of the molecule is Cc1nn(C)cc1C(C)Nc1ccc(C(=O)O)cc1. The van der Waals surface area contributed by atoms with Gasteiger partial charge in [-0.25, -0.2) is 4.79 Å². The van der Waals surface area contributed by atoms with Crippen molar-refractivity contribution >= 4 is 11.7 Å². The zero-order chi connectivity index (χ0) is 14.0. The summed E-state index contributed by atoms with van der Waals surface area (Å²) >= 11 is 0. The van der Waals surface area contributed by atoms with Crippen molar-refractivity contribution < 1.29 is 9.90 Å². The summed E-state index contributed by atoms with van der Waals surface area (Å²) in [6.45, 7) is 4.02. The number of carbonyl (C=O) groups is 1. The van der Waals surface area contributed by atoms with Gasteiger partial charge < -0.3 is 10.4 Å². The quantitative estimate of drug-likeness (QED) is 0.885. The van der Waals surface area contributed by atoms with Gasteiger partial charge in [0.05, 0.1) is 17.3 Å². The van der Waals surface area contributed by atoms with E-state index in [2.05, 4.69) is 17.3 Å². The van der Waals surface area contributed by atoms with E-state index in [4.69, 9.17) is 5.11 Å². The number of aromatic carboxylic acids is 1. The summed E-state index contributed by atoms with van der Waals surface area (Å²) in [6.07, 6.45) is 1.98. The molecule has 0 radical (unpaired) electrons. The van der Waals surface area contributed by atoms with Gasteiger partial charge in [-0.2, -0.15) is 5.10 Å². The summed E-state index contributed by atoms with van der Waals surface area (Å²) < 4.78 is 1.79. The standard InChI is InChI=1S/C14H17N3O2/c1-9(13-8-17(3)16-10(13)2)15-12-6-4-11(5-7-12)14(18)19/h4-9,15H,1-3H3,(H,18,19). The van der Waals surface area contributed by atoms with Crippen LogP contribution >= 0.6 is 0 Å². The van der Waals surface area contributed by atoms with Crippen LogP contribution in [0.25, 0.3) is 0 Å². The van der Waals surface area contributed by atoms with Crippen molar-refractivity contribution in [1.82, 2.24) is 9.78 Å². The fourth-order valence-electron chi connectivity index (χ4n) is 2.08. The van der Waals surface area contributed by atoms with Crippen molar-refractivity contribution in [2.75, 3.05) is 5.32 Å². The second-order valence-corrected chi connectivity index (χ2v) is 4.59. The second-order valence-electron chi connectivity index (χ2n) is 4.59. The van der Waals surface area contributed by atoms with Crippen molar-refractivity contribution in [2.45, 2.75) is 19.9 Å². The highest BCUT2D eigenvalue weighted by atomic mass is 16.4. The third kappa shape index (κ3) is 2.93. The monoisotopic (exact) mass is 259 g/mol. The summed E-state index contributed by atoms with van der Waals surface area (Å²) in [5.74, 6) is -0.914. The zero-order valence-electron chi connectivity index (χ0n) is 11.2. The lowest BCUT2D eigenvalue weighted by atomic mass is 10.1. The average molecular weight is 259 g/mol. The Hall–Kier alpha value is -2.30. The first-order chi connectivity index (χ1) is 8.97. The van der Waals surface area contributed by atoms with Gasteiger partial charge in [-0.3, -0.25) is 4.68 Å². The minimum Gasteiger partial charge on any atom is -0.478 e. The Morgan fingerprint density at radius 3 is 2.47 bits per heavy atom. The van der Waals surface area contributed by atoms with E-state index >= 15 is 0 Å². The lowest BCUT2D eigenvalue weighted by Gasteiger charge is -2.14. The fraction of sp³-hybridized carbons (Fsp3) is 0.286. The summed E-state index contributed by atoms with van der Waals surface area (Å²) in [4.78, 5) is 10.8. The smallest absolute Gasteiger partial charge is 0.335 e. The number of carboxylic acid groups (broad SMARTS) is 1. The predicted molar refractivity (Wildman–Crippen MR) is 73.4 cm³/mol. The van der Waals surface area contributed by atoms with Crippen molar-refractivity contribution in [3.63, 3.8) is 0 Å². The van der Waals surface area contributed by atoms with E-state index in [-0.39, 0.29) is 11.6 Å². The second kappa shape index (κ2) is 5.14. The van der Waals surface area contributed by atoms with Gasteiger partial charge in [-0.05, 0) is 38.1 Å². The first-order valence-electron chi connectivity index (χ1n) is 6.07. The highest BCUT2D eigenvalue weighted by Gasteiger charge is 2.11. The van der Waals surface area contributed by atoms with Crippen molar-refractivity contribution in [1.29, 1.82) is 0 Å². The molecule has 1 atom stereocenters. The van der Waals surface area contributed by atoms with Gasteiger partial charge in [0.25, 0.3) is 0 Å². The number of aryl methyl sites for hydroxylation is 2. The molecule has 19 heavy (non-hydrogen) atoms. The van der Waals surface area contributed by atoms with Crippen LogP contribution in [0, 0.1) is 6.92 Å². The van der Waals surface area contributed by atoms with Gasteiger partial charge in [0.2, 0.25) is 0 Å². The predicted octanol–water partition coefficient (Wildman–Crippen LogP) is 2.60. The fourth-order valence-corrected chi connectivity index (χ4v) is 2.08. The molecule has 1 aromatic carbocycles. The Bertz CT molecular complexity index is 587. The van der Waals surface area contributed by atoms with Crippen LogP contribution in [-0.2, 0) is 7.05 Å². The van der Waals surface area contributed by atoms with Crippen LogP contribution in [0.1, 0.15) is 34.6 Å². The first-order valence-corrected chi connectivity index (χ1v) is 6.07. The Morgan fingerprint density at radius 1 is 1.37 bits per heavy atom. The lowest BCUT2D eigenvalue weighted by molar-refractivity contribution is 0.0697. The molecule has 5 heteroatoms. The van der Waals surface area contributed by atoms with E-state index in [0.29, 0.717) is 0 Å². The van der Waals surface area contributed by atoms with Crippen LogP contribution in [0.4, 0.5) is 5.69 Å². The molecule has 0 saturated heterocycles. The van der Waals surface area contributed by atoms with Crippen molar-refractivity contribution in [2.24, 2.45) is 7.05 Å². The summed E-state index contributed by atoms with van der Waals surface area (Å²) in [5, 5.41) is 16.5. The van der Waals surface area contributed by atoms with Crippen LogP contribution in [0.15, 0.2) is 30.5 Å². The molecule has 0 aliphatic heterocycles. The number of anilines is 1. The van der Waals surface area contributed by atoms with Gasteiger partial charge in [-0.1, -0.05) is 0 Å². The maximum atomic E-state index is 10.8. The van der Waals surface area contributed by atoms with E-state index < -0.39 is 5.97 Å². The maximum absolute atomic E-state index is 10.8. The molecule has 0 aliphatic rings. The highest BCUT2D eigenvalue weighted by molar-refractivity contribution is 5.88. The van der Waals surface area contributed by atoms with Gasteiger partial charge in [0.15, 0.2) is 0 Å². The minimum absolute atomic E-state index is 0.115. The molecule has 2 aromatic rings. The number of nitrogens with one attached hydrogen (secondary N) is 1. The van der Waals surface area contributed by atoms with E-state index in [0.717, 1.165) is 16.9 Å². The van der Waals surface area contributed by atoms with Gasteiger partial charge in [0, 0.05) is 24.5 Å². The molecule has 2 N–H and O–H groups in total. The Morgan fingerprint density at radius 2 is 2.00 bits per heavy atom.